The van der Waals surface area contributed by atoms with E-state index in [9.17, 15) is 9.59 Å². The molecule has 1 fully saturated rings. The molecule has 38 heavy (non-hydrogen) atoms. The third-order valence-electron chi connectivity index (χ3n) is 6.84. The van der Waals surface area contributed by atoms with Gasteiger partial charge in [-0.3, -0.25) is 14.6 Å². The molecular formula is C28H28N6O3S. The Labute approximate surface area is 223 Å². The van der Waals surface area contributed by atoms with Crippen molar-refractivity contribution in [3.63, 3.8) is 0 Å². The van der Waals surface area contributed by atoms with Crippen molar-refractivity contribution in [3.8, 4) is 16.5 Å². The number of anilines is 2. The third-order valence-corrected chi connectivity index (χ3v) is 7.94. The number of aromatic nitrogens is 3. The fraction of sp³-hybridized carbons (Fsp3) is 0.321. The van der Waals surface area contributed by atoms with Crippen LogP contribution in [0.2, 0.25) is 0 Å². The van der Waals surface area contributed by atoms with Crippen LogP contribution in [0.4, 0.5) is 11.5 Å². The first-order chi connectivity index (χ1) is 18.6. The molecule has 3 heterocycles. The van der Waals surface area contributed by atoms with Crippen LogP contribution in [0.25, 0.3) is 21.5 Å². The number of pyridine rings is 2. The van der Waals surface area contributed by atoms with Crippen molar-refractivity contribution in [3.05, 3.63) is 58.7 Å². The molecule has 0 saturated heterocycles. The van der Waals surface area contributed by atoms with Crippen molar-refractivity contribution in [2.45, 2.75) is 38.5 Å². The van der Waals surface area contributed by atoms with Gasteiger partial charge in [-0.2, -0.15) is 0 Å². The summed E-state index contributed by atoms with van der Waals surface area (Å²) in [4.78, 5) is 38.2. The van der Waals surface area contributed by atoms with Gasteiger partial charge in [-0.1, -0.05) is 18.2 Å². The number of ether oxygens (including phenoxy) is 1. The lowest BCUT2D eigenvalue weighted by molar-refractivity contribution is -0.117. The summed E-state index contributed by atoms with van der Waals surface area (Å²) in [5, 5.41) is 8.07. The fourth-order valence-corrected chi connectivity index (χ4v) is 5.65. The molecule has 0 bridgehead atoms. The van der Waals surface area contributed by atoms with E-state index in [1.165, 1.54) is 11.3 Å². The number of hydrogen-bond donors (Lipinski definition) is 3. The molecule has 0 spiro atoms. The number of aryl methyl sites for hydroxylation is 1. The summed E-state index contributed by atoms with van der Waals surface area (Å²) in [7, 11) is 0. The number of hydrogen-bond acceptors (Lipinski definition) is 8. The van der Waals surface area contributed by atoms with Gasteiger partial charge >= 0.3 is 0 Å². The second kappa shape index (κ2) is 10.4. The van der Waals surface area contributed by atoms with E-state index in [1.807, 2.05) is 18.2 Å². The lowest BCUT2D eigenvalue weighted by atomic mass is 9.92. The molecule has 2 aliphatic rings. The van der Waals surface area contributed by atoms with Gasteiger partial charge in [-0.05, 0) is 62.3 Å². The van der Waals surface area contributed by atoms with Crippen LogP contribution in [0.15, 0.2) is 42.6 Å². The van der Waals surface area contributed by atoms with E-state index in [4.69, 9.17) is 15.5 Å². The molecule has 0 atom stereocenters. The van der Waals surface area contributed by atoms with Gasteiger partial charge in [0.25, 0.3) is 5.91 Å². The SMILES string of the molecule is NC(=O)c1sc(-c2ccnc(NC(=O)C3CC3)c2)nc1OCCNc1c2c(nc3ccccc13)CCCC2. The second-order valence-corrected chi connectivity index (χ2v) is 10.6. The third kappa shape index (κ3) is 5.04. The molecule has 6 rings (SSSR count). The maximum absolute atomic E-state index is 12.1. The average molecular weight is 529 g/mol. The number of amides is 2. The maximum atomic E-state index is 12.1. The van der Waals surface area contributed by atoms with Gasteiger partial charge in [0.1, 0.15) is 17.4 Å². The van der Waals surface area contributed by atoms with E-state index in [0.717, 1.165) is 72.0 Å². The highest BCUT2D eigenvalue weighted by molar-refractivity contribution is 7.17. The van der Waals surface area contributed by atoms with Crippen molar-refractivity contribution in [2.24, 2.45) is 11.7 Å². The molecule has 0 unspecified atom stereocenters. The lowest BCUT2D eigenvalue weighted by Crippen LogP contribution is -2.17. The lowest BCUT2D eigenvalue weighted by Gasteiger charge is -2.21. The number of carbonyl (C=O) groups is 2. The van der Waals surface area contributed by atoms with Crippen LogP contribution >= 0.6 is 11.3 Å². The van der Waals surface area contributed by atoms with Gasteiger partial charge in [0, 0.05) is 41.0 Å². The fourth-order valence-electron chi connectivity index (χ4n) is 4.79. The maximum Gasteiger partial charge on any atom is 0.264 e. The van der Waals surface area contributed by atoms with E-state index in [1.54, 1.807) is 18.3 Å². The van der Waals surface area contributed by atoms with Gasteiger partial charge in [-0.25, -0.2) is 9.97 Å². The van der Waals surface area contributed by atoms with Crippen LogP contribution in [0.1, 0.15) is 46.6 Å². The molecule has 9 nitrogen and oxygen atoms in total. The number of primary amides is 1. The number of fused-ring (bicyclic) bond motifs is 2. The summed E-state index contributed by atoms with van der Waals surface area (Å²) in [6, 6.07) is 11.7. The smallest absolute Gasteiger partial charge is 0.264 e. The topological polar surface area (TPSA) is 132 Å². The van der Waals surface area contributed by atoms with Crippen molar-refractivity contribution >= 4 is 45.6 Å². The van der Waals surface area contributed by atoms with E-state index in [0.29, 0.717) is 24.0 Å². The molecule has 10 heteroatoms. The molecule has 0 aliphatic heterocycles. The number of nitrogens with zero attached hydrogens (tertiary/aromatic N) is 3. The Hall–Kier alpha value is -4.05. The zero-order valence-electron chi connectivity index (χ0n) is 20.8. The van der Waals surface area contributed by atoms with Gasteiger partial charge < -0.3 is 21.1 Å². The Bertz CT molecular complexity index is 1530. The van der Waals surface area contributed by atoms with E-state index < -0.39 is 5.91 Å². The molecule has 1 aromatic carbocycles. The monoisotopic (exact) mass is 528 g/mol. The van der Waals surface area contributed by atoms with Crippen LogP contribution < -0.4 is 21.1 Å². The number of rotatable bonds is 9. The summed E-state index contributed by atoms with van der Waals surface area (Å²) >= 11 is 1.16. The van der Waals surface area contributed by atoms with Crippen LogP contribution in [-0.4, -0.2) is 39.9 Å². The summed E-state index contributed by atoms with van der Waals surface area (Å²) in [5.74, 6) is 0.121. The van der Waals surface area contributed by atoms with Crippen LogP contribution in [0, 0.1) is 5.92 Å². The average Bonchev–Trinajstić information content (AvgIpc) is 3.70. The van der Waals surface area contributed by atoms with Crippen LogP contribution in [-0.2, 0) is 17.6 Å². The van der Waals surface area contributed by atoms with E-state index in [2.05, 4.69) is 26.7 Å². The van der Waals surface area contributed by atoms with Crippen LogP contribution in [0.5, 0.6) is 5.88 Å². The Kier molecular flexibility index (Phi) is 6.63. The second-order valence-electron chi connectivity index (χ2n) is 9.62. The van der Waals surface area contributed by atoms with Crippen molar-refractivity contribution < 1.29 is 14.3 Å². The number of carbonyl (C=O) groups excluding carboxylic acids is 2. The largest absolute Gasteiger partial charge is 0.475 e. The predicted octanol–water partition coefficient (Wildman–Crippen LogP) is 4.57. The quantitative estimate of drug-likeness (QED) is 0.271. The molecular weight excluding hydrogens is 500 g/mol. The molecule has 2 aliphatic carbocycles. The van der Waals surface area contributed by atoms with E-state index in [-0.39, 0.29) is 22.6 Å². The van der Waals surface area contributed by atoms with Gasteiger partial charge in [0.05, 0.1) is 5.52 Å². The zero-order chi connectivity index (χ0) is 26.1. The summed E-state index contributed by atoms with van der Waals surface area (Å²) in [5.41, 5.74) is 10.9. The summed E-state index contributed by atoms with van der Waals surface area (Å²) < 4.78 is 5.95. The van der Waals surface area contributed by atoms with Gasteiger partial charge in [0.15, 0.2) is 4.88 Å². The van der Waals surface area contributed by atoms with Crippen molar-refractivity contribution in [1.82, 2.24) is 15.0 Å². The number of thiazole rings is 1. The number of nitrogens with one attached hydrogen (secondary N) is 2. The standard InChI is InChI=1S/C28H28N6O3S/c29-25(35)24-27(34-28(38-24)17-11-12-30-22(15-17)33-26(36)16-9-10-16)37-14-13-31-23-18-5-1-3-7-20(18)32-21-8-4-2-6-19(21)23/h1,3,5,7,11-12,15-16H,2,4,6,8-10,13-14H2,(H2,29,35)(H,31,32)(H,30,33,36). The minimum Gasteiger partial charge on any atom is -0.475 e. The number of para-hydroxylation sites is 1. The summed E-state index contributed by atoms with van der Waals surface area (Å²) in [6.07, 6.45) is 7.75. The first-order valence-electron chi connectivity index (χ1n) is 12.9. The molecule has 1 saturated carbocycles. The number of benzene rings is 1. The molecule has 0 radical (unpaired) electrons. The van der Waals surface area contributed by atoms with Gasteiger partial charge in [0.2, 0.25) is 11.8 Å². The first kappa shape index (κ1) is 24.3. The highest BCUT2D eigenvalue weighted by atomic mass is 32.1. The molecule has 194 valence electrons. The van der Waals surface area contributed by atoms with Gasteiger partial charge in [-0.15, -0.1) is 11.3 Å². The Balaban J connectivity index is 1.17. The normalized spacial score (nSPS) is 14.6. The molecule has 4 aromatic rings. The first-order valence-corrected chi connectivity index (χ1v) is 13.7. The highest BCUT2D eigenvalue weighted by Crippen LogP contribution is 2.35. The van der Waals surface area contributed by atoms with E-state index >= 15 is 0 Å². The summed E-state index contributed by atoms with van der Waals surface area (Å²) in [6.45, 7) is 0.825. The molecule has 2 amide bonds. The predicted molar refractivity (Wildman–Crippen MR) is 148 cm³/mol. The van der Waals surface area contributed by atoms with Crippen LogP contribution in [0.3, 0.4) is 0 Å². The number of nitrogens with two attached hydrogens (primary N) is 1. The highest BCUT2D eigenvalue weighted by Gasteiger charge is 2.30. The van der Waals surface area contributed by atoms with Crippen molar-refractivity contribution in [2.75, 3.05) is 23.8 Å². The minimum atomic E-state index is -0.595. The Morgan fingerprint density at radius 2 is 1.95 bits per heavy atom. The zero-order valence-corrected chi connectivity index (χ0v) is 21.6. The Morgan fingerprint density at radius 1 is 1.11 bits per heavy atom. The molecule has 4 N–H and O–H groups in total. The minimum absolute atomic E-state index is 0.0219. The Morgan fingerprint density at radius 3 is 2.79 bits per heavy atom. The van der Waals surface area contributed by atoms with Crippen molar-refractivity contribution in [1.29, 1.82) is 0 Å². The molecule has 3 aromatic heterocycles.